The van der Waals surface area contributed by atoms with Gasteiger partial charge < -0.3 is 14.2 Å². The number of ketones is 1. The van der Waals surface area contributed by atoms with Crippen molar-refractivity contribution in [2.75, 3.05) is 0 Å². The van der Waals surface area contributed by atoms with Crippen molar-refractivity contribution in [3.63, 3.8) is 0 Å². The highest BCUT2D eigenvalue weighted by Crippen LogP contribution is 2.40. The highest BCUT2D eigenvalue weighted by atomic mass is 16.3. The maximum absolute atomic E-state index is 13.8. The molecular formula is C33H47N3O2. The third kappa shape index (κ3) is 6.86. The van der Waals surface area contributed by atoms with Gasteiger partial charge in [0.15, 0.2) is 5.78 Å². The van der Waals surface area contributed by atoms with Crippen LogP contribution < -0.4 is 5.62 Å². The maximum Gasteiger partial charge on any atom is 0.202 e. The fourth-order valence-corrected chi connectivity index (χ4v) is 5.09. The Hall–Kier alpha value is -3.08. The second-order valence-electron chi connectivity index (χ2n) is 12.7. The van der Waals surface area contributed by atoms with Gasteiger partial charge in [0.25, 0.3) is 0 Å². The van der Waals surface area contributed by atoms with Crippen LogP contribution >= 0.6 is 0 Å². The van der Waals surface area contributed by atoms with Crippen LogP contribution in [0.2, 0.25) is 0 Å². The number of nitrogens with one attached hydrogen (secondary N) is 1. The van der Waals surface area contributed by atoms with Crippen LogP contribution in [-0.4, -0.2) is 20.0 Å². The van der Waals surface area contributed by atoms with E-state index in [0.29, 0.717) is 23.5 Å². The molecule has 0 atom stereocenters. The Morgan fingerprint density at radius 1 is 0.947 bits per heavy atom. The Labute approximate surface area is 229 Å². The lowest BCUT2D eigenvalue weighted by Crippen LogP contribution is -2.29. The van der Waals surface area contributed by atoms with Gasteiger partial charge in [0.05, 0.1) is 6.54 Å². The molecule has 3 aromatic rings. The van der Waals surface area contributed by atoms with Crippen LogP contribution in [0, 0.1) is 11.3 Å². The first kappa shape index (κ1) is 29.5. The third-order valence-electron chi connectivity index (χ3n) is 7.69. The Balaban J connectivity index is 2.04. The largest absolute Gasteiger partial charge is 0.507 e. The zero-order valence-corrected chi connectivity index (χ0v) is 24.7. The van der Waals surface area contributed by atoms with Crippen LogP contribution in [0.1, 0.15) is 107 Å². The number of Topliss-reactive ketones (excluding diaryl/α,β-unsaturated/α-hetero) is 1. The lowest BCUT2D eigenvalue weighted by Gasteiger charge is -2.28. The van der Waals surface area contributed by atoms with Crippen LogP contribution in [0.4, 0.5) is 0 Å². The van der Waals surface area contributed by atoms with E-state index in [9.17, 15) is 9.90 Å². The van der Waals surface area contributed by atoms with Crippen LogP contribution in [-0.2, 0) is 30.3 Å². The predicted octanol–water partition coefficient (Wildman–Crippen LogP) is 7.37. The summed E-state index contributed by atoms with van der Waals surface area (Å²) < 4.78 is 3.87. The van der Waals surface area contributed by atoms with E-state index in [1.165, 1.54) is 0 Å². The zero-order chi connectivity index (χ0) is 28.3. The maximum atomic E-state index is 13.8. The van der Waals surface area contributed by atoms with Crippen molar-refractivity contribution in [2.45, 2.75) is 105 Å². The molecule has 5 nitrogen and oxygen atoms in total. The average Bonchev–Trinajstić information content (AvgIpc) is 3.13. The Kier molecular flexibility index (Phi) is 9.12. The van der Waals surface area contributed by atoms with Gasteiger partial charge >= 0.3 is 0 Å². The standard InChI is InChI=1S/C33H47N3O2/c1-9-23(10-2)16-17-35-21-26(18-24-14-12-11-13-15-24)36(31(35)34)22-29(37)25-19-27(32(3,4)5)30(38)28(20-25)33(6,7)8/h11-15,19-21,23,34,38H,9-10,16-18,22H2,1-8H3. The number of nitrogens with zero attached hydrogens (tertiary/aromatic N) is 2. The van der Waals surface area contributed by atoms with E-state index in [1.54, 1.807) is 0 Å². The zero-order valence-electron chi connectivity index (χ0n) is 24.7. The van der Waals surface area contributed by atoms with Crippen LogP contribution in [0.25, 0.3) is 0 Å². The summed E-state index contributed by atoms with van der Waals surface area (Å²) in [5, 5.41) is 20.1. The van der Waals surface area contributed by atoms with Gasteiger partial charge in [-0.3, -0.25) is 10.2 Å². The quantitative estimate of drug-likeness (QED) is 0.276. The molecule has 0 amide bonds. The Bertz CT molecular complexity index is 1260. The number of rotatable bonds is 10. The van der Waals surface area contributed by atoms with Crippen molar-refractivity contribution < 1.29 is 9.90 Å². The van der Waals surface area contributed by atoms with E-state index in [0.717, 1.165) is 48.2 Å². The van der Waals surface area contributed by atoms with Gasteiger partial charge in [-0.1, -0.05) is 98.6 Å². The number of carbonyl (C=O) groups excluding carboxylic acids is 1. The molecule has 0 saturated carbocycles. The molecular weight excluding hydrogens is 470 g/mol. The molecule has 5 heteroatoms. The first-order valence-corrected chi connectivity index (χ1v) is 14.0. The van der Waals surface area contributed by atoms with E-state index in [2.05, 4.69) is 73.7 Å². The molecule has 0 aliphatic heterocycles. The summed E-state index contributed by atoms with van der Waals surface area (Å²) in [6.45, 7) is 17.6. The molecule has 0 bridgehead atoms. The van der Waals surface area contributed by atoms with Gasteiger partial charge in [-0.15, -0.1) is 0 Å². The van der Waals surface area contributed by atoms with Crippen LogP contribution in [0.5, 0.6) is 5.75 Å². The van der Waals surface area contributed by atoms with Gasteiger partial charge in [0.2, 0.25) is 5.62 Å². The summed E-state index contributed by atoms with van der Waals surface area (Å²) >= 11 is 0. The monoisotopic (exact) mass is 517 g/mol. The average molecular weight is 518 g/mol. The van der Waals surface area contributed by atoms with Crippen molar-refractivity contribution in [1.82, 2.24) is 9.13 Å². The van der Waals surface area contributed by atoms with E-state index in [1.807, 2.05) is 39.5 Å². The minimum atomic E-state index is -0.314. The molecule has 2 aromatic carbocycles. The molecule has 0 fully saturated rings. The minimum absolute atomic E-state index is 0.0495. The van der Waals surface area contributed by atoms with Crippen molar-refractivity contribution in [2.24, 2.45) is 5.92 Å². The van der Waals surface area contributed by atoms with Gasteiger partial charge in [-0.25, -0.2) is 0 Å². The molecule has 0 unspecified atom stereocenters. The second-order valence-corrected chi connectivity index (χ2v) is 12.7. The topological polar surface area (TPSA) is 71.0 Å². The van der Waals surface area contributed by atoms with Crippen molar-refractivity contribution >= 4 is 5.78 Å². The van der Waals surface area contributed by atoms with Crippen LogP contribution in [0.15, 0.2) is 48.7 Å². The second kappa shape index (κ2) is 11.8. The number of carbonyl (C=O) groups is 1. The van der Waals surface area contributed by atoms with Crippen molar-refractivity contribution in [1.29, 1.82) is 5.41 Å². The molecule has 1 heterocycles. The number of phenols is 1. The highest BCUT2D eigenvalue weighted by Gasteiger charge is 2.28. The minimum Gasteiger partial charge on any atom is -0.507 e. The molecule has 0 aliphatic carbocycles. The lowest BCUT2D eigenvalue weighted by molar-refractivity contribution is 0.0968. The van der Waals surface area contributed by atoms with Crippen molar-refractivity contribution in [3.05, 3.63) is 82.2 Å². The SMILES string of the molecule is CCC(CC)CCn1cc(Cc2ccccc2)n(CC(=O)c2cc(C(C)(C)C)c(O)c(C(C)(C)C)c2)c1=N. The summed E-state index contributed by atoms with van der Waals surface area (Å²) in [5.41, 5.74) is 3.98. The summed E-state index contributed by atoms with van der Waals surface area (Å²) in [6, 6.07) is 13.9. The predicted molar refractivity (Wildman–Crippen MR) is 156 cm³/mol. The smallest absolute Gasteiger partial charge is 0.202 e. The van der Waals surface area contributed by atoms with Gasteiger partial charge in [0.1, 0.15) is 5.75 Å². The summed E-state index contributed by atoms with van der Waals surface area (Å²) in [5.74, 6) is 0.854. The van der Waals surface area contributed by atoms with Gasteiger partial charge in [0, 0.05) is 41.5 Å². The molecule has 0 radical (unpaired) electrons. The van der Waals surface area contributed by atoms with E-state index < -0.39 is 0 Å². The normalized spacial score (nSPS) is 12.3. The van der Waals surface area contributed by atoms with Gasteiger partial charge in [-0.2, -0.15) is 0 Å². The van der Waals surface area contributed by atoms with Crippen LogP contribution in [0.3, 0.4) is 0 Å². The van der Waals surface area contributed by atoms with Gasteiger partial charge in [-0.05, 0) is 40.9 Å². The van der Waals surface area contributed by atoms with E-state index >= 15 is 0 Å². The summed E-state index contributed by atoms with van der Waals surface area (Å²) in [4.78, 5) is 13.8. The Morgan fingerprint density at radius 3 is 2.00 bits per heavy atom. The molecule has 38 heavy (non-hydrogen) atoms. The molecule has 0 aliphatic rings. The summed E-state index contributed by atoms with van der Waals surface area (Å²) in [6.07, 6.45) is 6.01. The number of aromatic hydroxyl groups is 1. The first-order valence-electron chi connectivity index (χ1n) is 14.0. The number of imidazole rings is 1. The number of aryl methyl sites for hydroxylation is 1. The lowest BCUT2D eigenvalue weighted by atomic mass is 9.78. The molecule has 206 valence electrons. The van der Waals surface area contributed by atoms with E-state index in [-0.39, 0.29) is 28.9 Å². The molecule has 0 spiro atoms. The number of benzene rings is 2. The number of hydrogen-bond acceptors (Lipinski definition) is 3. The fourth-order valence-electron chi connectivity index (χ4n) is 5.09. The molecule has 1 aromatic heterocycles. The molecule has 2 N–H and O–H groups in total. The van der Waals surface area contributed by atoms with Crippen molar-refractivity contribution in [3.8, 4) is 5.75 Å². The Morgan fingerprint density at radius 2 is 1.50 bits per heavy atom. The number of hydrogen-bond donors (Lipinski definition) is 2. The fraction of sp³-hybridized carbons (Fsp3) is 0.515. The summed E-state index contributed by atoms with van der Waals surface area (Å²) in [7, 11) is 0. The number of phenolic OH excluding ortho intramolecular Hbond substituents is 1. The highest BCUT2D eigenvalue weighted by molar-refractivity contribution is 5.96. The van der Waals surface area contributed by atoms with E-state index in [4.69, 9.17) is 5.41 Å². The molecule has 3 rings (SSSR count). The number of aromatic nitrogens is 2. The third-order valence-corrected chi connectivity index (χ3v) is 7.69. The molecule has 0 saturated heterocycles. The first-order chi connectivity index (χ1) is 17.8.